The van der Waals surface area contributed by atoms with Gasteiger partial charge in [-0.15, -0.1) is 0 Å². The second-order valence-corrected chi connectivity index (χ2v) is 7.34. The third kappa shape index (κ3) is 5.65. The maximum Gasteiger partial charge on any atom is 0.335 e. The van der Waals surface area contributed by atoms with Crippen molar-refractivity contribution in [3.8, 4) is 11.8 Å². The topological polar surface area (TPSA) is 120 Å². The third-order valence-corrected chi connectivity index (χ3v) is 5.21. The first kappa shape index (κ1) is 20.6. The van der Waals surface area contributed by atoms with Gasteiger partial charge >= 0.3 is 6.03 Å². The summed E-state index contributed by atoms with van der Waals surface area (Å²) < 4.78 is 61.5. The zero-order valence-electron chi connectivity index (χ0n) is 14.0. The van der Waals surface area contributed by atoms with E-state index in [1.54, 1.807) is 4.72 Å². The summed E-state index contributed by atoms with van der Waals surface area (Å²) in [5.41, 5.74) is 0. The monoisotopic (exact) mass is 420 g/mol. The number of nitrogens with zero attached hydrogens (tertiary/aromatic N) is 2. The molecule has 1 heterocycles. The van der Waals surface area contributed by atoms with Gasteiger partial charge in [0.1, 0.15) is 4.90 Å². The SMILES string of the molecule is COc1cc(OC)nc(NC(=O)NS(=O)(=O)c2ccccc2SC(F)F)n1. The van der Waals surface area contributed by atoms with Crippen molar-refractivity contribution in [1.29, 1.82) is 0 Å². The van der Waals surface area contributed by atoms with E-state index in [9.17, 15) is 22.0 Å². The predicted molar refractivity (Wildman–Crippen MR) is 92.8 cm³/mol. The van der Waals surface area contributed by atoms with Gasteiger partial charge < -0.3 is 9.47 Å². The van der Waals surface area contributed by atoms with Crippen molar-refractivity contribution < 1.29 is 31.5 Å². The molecular weight excluding hydrogens is 406 g/mol. The zero-order valence-corrected chi connectivity index (χ0v) is 15.6. The van der Waals surface area contributed by atoms with Crippen LogP contribution in [0.3, 0.4) is 0 Å². The molecule has 0 spiro atoms. The Morgan fingerprint density at radius 1 is 1.15 bits per heavy atom. The van der Waals surface area contributed by atoms with Gasteiger partial charge in [0.2, 0.25) is 17.7 Å². The Morgan fingerprint density at radius 3 is 2.30 bits per heavy atom. The van der Waals surface area contributed by atoms with Gasteiger partial charge in [-0.3, -0.25) is 5.32 Å². The molecule has 0 aliphatic heterocycles. The minimum atomic E-state index is -4.42. The molecule has 0 bridgehead atoms. The van der Waals surface area contributed by atoms with E-state index in [2.05, 4.69) is 15.3 Å². The number of urea groups is 1. The van der Waals surface area contributed by atoms with E-state index < -0.39 is 26.7 Å². The van der Waals surface area contributed by atoms with E-state index in [-0.39, 0.29) is 34.4 Å². The van der Waals surface area contributed by atoms with E-state index >= 15 is 0 Å². The number of carbonyl (C=O) groups excluding carboxylic acids is 1. The second-order valence-electron chi connectivity index (χ2n) is 4.66. The van der Waals surface area contributed by atoms with Crippen molar-refractivity contribution in [2.75, 3.05) is 19.5 Å². The number of aromatic nitrogens is 2. The maximum atomic E-state index is 12.6. The molecule has 0 aliphatic rings. The van der Waals surface area contributed by atoms with Gasteiger partial charge in [-0.05, 0) is 12.1 Å². The molecule has 146 valence electrons. The number of methoxy groups -OCH3 is 2. The van der Waals surface area contributed by atoms with Crippen LogP contribution < -0.4 is 19.5 Å². The summed E-state index contributed by atoms with van der Waals surface area (Å²) in [5, 5.41) is 2.11. The van der Waals surface area contributed by atoms with Gasteiger partial charge in [-0.1, -0.05) is 23.9 Å². The molecule has 0 fully saturated rings. The summed E-state index contributed by atoms with van der Waals surface area (Å²) in [6.45, 7) is 0. The highest BCUT2D eigenvalue weighted by molar-refractivity contribution is 8.00. The third-order valence-electron chi connectivity index (χ3n) is 2.90. The maximum absolute atomic E-state index is 12.6. The molecule has 9 nitrogen and oxygen atoms in total. The Hall–Kier alpha value is -2.67. The first-order chi connectivity index (χ1) is 12.7. The van der Waals surface area contributed by atoms with Crippen LogP contribution >= 0.6 is 11.8 Å². The van der Waals surface area contributed by atoms with E-state index in [0.717, 1.165) is 6.07 Å². The number of halogens is 2. The number of carbonyl (C=O) groups is 1. The van der Waals surface area contributed by atoms with Crippen LogP contribution in [-0.2, 0) is 10.0 Å². The summed E-state index contributed by atoms with van der Waals surface area (Å²) in [6, 6.07) is 5.21. The molecule has 0 saturated carbocycles. The zero-order chi connectivity index (χ0) is 20.0. The summed E-state index contributed by atoms with van der Waals surface area (Å²) >= 11 is 0.0509. The molecule has 2 rings (SSSR count). The largest absolute Gasteiger partial charge is 0.481 e. The molecule has 0 unspecified atom stereocenters. The van der Waals surface area contributed by atoms with Crippen LogP contribution in [0.1, 0.15) is 0 Å². The lowest BCUT2D eigenvalue weighted by molar-refractivity contribution is 0.252. The molecule has 2 aromatic rings. The summed E-state index contributed by atoms with van der Waals surface area (Å²) in [5.74, 6) is -2.97. The van der Waals surface area contributed by atoms with E-state index in [4.69, 9.17) is 9.47 Å². The van der Waals surface area contributed by atoms with Gasteiger partial charge in [0.15, 0.2) is 0 Å². The minimum absolute atomic E-state index is 0.0509. The Kier molecular flexibility index (Phi) is 6.74. The molecule has 1 aromatic carbocycles. The lowest BCUT2D eigenvalue weighted by atomic mass is 10.4. The highest BCUT2D eigenvalue weighted by Crippen LogP contribution is 2.30. The minimum Gasteiger partial charge on any atom is -0.481 e. The highest BCUT2D eigenvalue weighted by atomic mass is 32.2. The second kappa shape index (κ2) is 8.81. The molecule has 13 heteroatoms. The smallest absolute Gasteiger partial charge is 0.335 e. The molecule has 0 radical (unpaired) electrons. The number of alkyl halides is 2. The van der Waals surface area contributed by atoms with Crippen LogP contribution in [0.15, 0.2) is 40.1 Å². The fraction of sp³-hybridized carbons (Fsp3) is 0.214. The number of rotatable bonds is 7. The van der Waals surface area contributed by atoms with E-state index in [0.29, 0.717) is 0 Å². The average Bonchev–Trinajstić information content (AvgIpc) is 2.60. The number of sulfonamides is 1. The number of nitrogens with one attached hydrogen (secondary N) is 2. The Bertz CT molecular complexity index is 905. The van der Waals surface area contributed by atoms with E-state index in [1.165, 1.54) is 38.5 Å². The number of amides is 2. The molecule has 27 heavy (non-hydrogen) atoms. The predicted octanol–water partition coefficient (Wildman–Crippen LogP) is 2.32. The number of hydrogen-bond acceptors (Lipinski definition) is 8. The van der Waals surface area contributed by atoms with Gasteiger partial charge in [0, 0.05) is 4.90 Å². The summed E-state index contributed by atoms with van der Waals surface area (Å²) in [4.78, 5) is 19.0. The van der Waals surface area contributed by atoms with E-state index in [1.807, 2.05) is 0 Å². The molecule has 0 saturated heterocycles. The summed E-state index contributed by atoms with van der Waals surface area (Å²) in [6.07, 6.45) is 0. The number of thioether (sulfide) groups is 1. The Labute approximate surface area is 157 Å². The lowest BCUT2D eigenvalue weighted by Gasteiger charge is -2.11. The van der Waals surface area contributed by atoms with Crippen LogP contribution in [0.2, 0.25) is 0 Å². The fourth-order valence-corrected chi connectivity index (χ4v) is 3.84. The van der Waals surface area contributed by atoms with Crippen LogP contribution in [0.5, 0.6) is 11.8 Å². The molecule has 1 aromatic heterocycles. The van der Waals surface area contributed by atoms with Gasteiger partial charge in [-0.25, -0.2) is 17.9 Å². The number of ether oxygens (including phenoxy) is 2. The van der Waals surface area contributed by atoms with Crippen LogP contribution in [-0.4, -0.2) is 44.4 Å². The number of benzene rings is 1. The Balaban J connectivity index is 2.20. The van der Waals surface area contributed by atoms with Gasteiger partial charge in [0.25, 0.3) is 15.8 Å². The molecule has 2 amide bonds. The highest BCUT2D eigenvalue weighted by Gasteiger charge is 2.23. The average molecular weight is 420 g/mol. The first-order valence-corrected chi connectivity index (χ1v) is 9.46. The first-order valence-electron chi connectivity index (χ1n) is 7.10. The summed E-state index contributed by atoms with van der Waals surface area (Å²) in [7, 11) is -1.77. The van der Waals surface area contributed by atoms with Crippen molar-refractivity contribution >= 4 is 33.8 Å². The standard InChI is InChI=1S/C14H14F2N4O5S2/c1-24-10-7-11(25-2)18-13(17-10)19-14(21)20-27(22,23)9-6-4-3-5-8(9)26-12(15)16/h3-7,12H,1-2H3,(H2,17,18,19,20,21). The fourth-order valence-electron chi connectivity index (χ4n) is 1.84. The van der Waals surface area contributed by atoms with Crippen LogP contribution in [0.25, 0.3) is 0 Å². The quantitative estimate of drug-likeness (QED) is 0.655. The number of anilines is 1. The normalized spacial score (nSPS) is 11.1. The number of hydrogen-bond donors (Lipinski definition) is 2. The van der Waals surface area contributed by atoms with Crippen molar-refractivity contribution in [2.24, 2.45) is 0 Å². The van der Waals surface area contributed by atoms with Crippen molar-refractivity contribution in [2.45, 2.75) is 15.5 Å². The molecule has 0 atom stereocenters. The van der Waals surface area contributed by atoms with Crippen molar-refractivity contribution in [1.82, 2.24) is 14.7 Å². The van der Waals surface area contributed by atoms with Crippen LogP contribution in [0, 0.1) is 0 Å². The molecule has 0 aliphatic carbocycles. The van der Waals surface area contributed by atoms with Crippen molar-refractivity contribution in [3.63, 3.8) is 0 Å². The van der Waals surface area contributed by atoms with Gasteiger partial charge in [0.05, 0.1) is 20.3 Å². The Morgan fingerprint density at radius 2 is 1.74 bits per heavy atom. The van der Waals surface area contributed by atoms with Gasteiger partial charge in [-0.2, -0.15) is 18.7 Å². The van der Waals surface area contributed by atoms with Crippen molar-refractivity contribution in [3.05, 3.63) is 30.3 Å². The van der Waals surface area contributed by atoms with Crippen LogP contribution in [0.4, 0.5) is 19.5 Å². The lowest BCUT2D eigenvalue weighted by Crippen LogP contribution is -2.35. The molecule has 2 N–H and O–H groups in total. The molecular formula is C14H14F2N4O5S2.